The van der Waals surface area contributed by atoms with Crippen molar-refractivity contribution in [1.29, 1.82) is 0 Å². The lowest BCUT2D eigenvalue weighted by atomic mass is 9.67. The van der Waals surface area contributed by atoms with Gasteiger partial charge in [-0.15, -0.1) is 0 Å². The zero-order valence-corrected chi connectivity index (χ0v) is 20.7. The predicted molar refractivity (Wildman–Crippen MR) is 141 cm³/mol. The van der Waals surface area contributed by atoms with Crippen molar-refractivity contribution in [2.45, 2.75) is 19.4 Å². The van der Waals surface area contributed by atoms with E-state index in [1.807, 2.05) is 42.2 Å². The molecule has 0 aromatic heterocycles. The van der Waals surface area contributed by atoms with Gasteiger partial charge in [-0.25, -0.2) is 9.69 Å². The SMILES string of the molecule is Cc1ccc(N2C(=O)NC(=O)[C@]3(Cc4cc([N+](=O)[O-])ccc4N4CCN(c5ccccc5)C[C@@H]43)C2=O)cc1. The van der Waals surface area contributed by atoms with E-state index in [4.69, 9.17) is 0 Å². The van der Waals surface area contributed by atoms with Crippen LogP contribution in [0.5, 0.6) is 0 Å². The second-order valence-electron chi connectivity index (χ2n) is 9.94. The number of nitrogens with one attached hydrogen (secondary N) is 1. The number of fused-ring (bicyclic) bond motifs is 4. The highest BCUT2D eigenvalue weighted by molar-refractivity contribution is 6.30. The Morgan fingerprint density at radius 1 is 0.947 bits per heavy atom. The number of non-ortho nitro benzene ring substituents is 1. The number of carbonyl (C=O) groups excluding carboxylic acids is 3. The van der Waals surface area contributed by atoms with Gasteiger partial charge in [0.1, 0.15) is 0 Å². The lowest BCUT2D eigenvalue weighted by Crippen LogP contribution is -2.75. The third-order valence-electron chi connectivity index (χ3n) is 7.83. The maximum atomic E-state index is 14.4. The van der Waals surface area contributed by atoms with Crippen LogP contribution >= 0.6 is 0 Å². The normalized spacial score (nSPS) is 22.7. The maximum Gasteiger partial charge on any atom is 0.335 e. The molecule has 10 nitrogen and oxygen atoms in total. The topological polar surface area (TPSA) is 116 Å². The molecule has 2 atom stereocenters. The molecule has 2 saturated heterocycles. The number of hydrogen-bond donors (Lipinski definition) is 1. The second kappa shape index (κ2) is 8.69. The van der Waals surface area contributed by atoms with Crippen LogP contribution in [0.3, 0.4) is 0 Å². The van der Waals surface area contributed by atoms with Crippen LogP contribution in [0.2, 0.25) is 0 Å². The molecular weight excluding hydrogens is 486 g/mol. The molecular formula is C28H25N5O5. The number of nitrogens with zero attached hydrogens (tertiary/aromatic N) is 4. The molecule has 3 aromatic carbocycles. The largest absolute Gasteiger partial charge is 0.368 e. The first-order valence-corrected chi connectivity index (χ1v) is 12.4. The fourth-order valence-electron chi connectivity index (χ4n) is 5.92. The van der Waals surface area contributed by atoms with E-state index in [2.05, 4.69) is 10.2 Å². The van der Waals surface area contributed by atoms with E-state index in [9.17, 15) is 24.5 Å². The Morgan fingerprint density at radius 2 is 1.68 bits per heavy atom. The third-order valence-corrected chi connectivity index (χ3v) is 7.83. The number of carbonyl (C=O) groups is 3. The summed E-state index contributed by atoms with van der Waals surface area (Å²) in [6, 6.07) is 19.8. The van der Waals surface area contributed by atoms with E-state index >= 15 is 0 Å². The molecule has 4 amide bonds. The predicted octanol–water partition coefficient (Wildman–Crippen LogP) is 3.42. The van der Waals surface area contributed by atoms with Crippen LogP contribution in [0.15, 0.2) is 72.8 Å². The van der Waals surface area contributed by atoms with E-state index < -0.39 is 34.2 Å². The summed E-state index contributed by atoms with van der Waals surface area (Å²) < 4.78 is 0. The zero-order valence-electron chi connectivity index (χ0n) is 20.7. The second-order valence-corrected chi connectivity index (χ2v) is 9.94. The Hall–Kier alpha value is -4.73. The molecule has 6 rings (SSSR count). The van der Waals surface area contributed by atoms with Gasteiger partial charge < -0.3 is 9.80 Å². The van der Waals surface area contributed by atoms with Gasteiger partial charge in [-0.05, 0) is 42.8 Å². The zero-order chi connectivity index (χ0) is 26.6. The fraction of sp³-hybridized carbons (Fsp3) is 0.250. The van der Waals surface area contributed by atoms with Crippen LogP contribution in [0.4, 0.5) is 27.5 Å². The standard InChI is InChI=1S/C28H25N5O5/c1-18-7-9-21(10-8-18)32-26(35)28(25(34)29-27(32)36)16-19-15-22(33(37)38)11-12-23(19)31-14-13-30(17-24(28)31)20-5-3-2-4-6-20/h2-12,15,24H,13-14,16-17H2,1H3,(H,29,34,36)/t24-,28-/m1/s1. The summed E-state index contributed by atoms with van der Waals surface area (Å²) in [7, 11) is 0. The van der Waals surface area contributed by atoms with Gasteiger partial charge in [-0.1, -0.05) is 35.9 Å². The number of benzene rings is 3. The molecule has 3 aliphatic rings. The highest BCUT2D eigenvalue weighted by atomic mass is 16.6. The van der Waals surface area contributed by atoms with Crippen molar-refractivity contribution in [3.63, 3.8) is 0 Å². The first-order valence-electron chi connectivity index (χ1n) is 12.4. The Labute approximate surface area is 218 Å². The summed E-state index contributed by atoms with van der Waals surface area (Å²) in [4.78, 5) is 57.4. The first kappa shape index (κ1) is 23.7. The van der Waals surface area contributed by atoms with Crippen LogP contribution < -0.4 is 20.0 Å². The van der Waals surface area contributed by atoms with Crippen LogP contribution in [0, 0.1) is 22.5 Å². The van der Waals surface area contributed by atoms with Gasteiger partial charge in [0, 0.05) is 49.6 Å². The number of para-hydroxylation sites is 1. The number of barbiturate groups is 1. The Bertz CT molecular complexity index is 1470. The molecule has 2 fully saturated rings. The number of imide groups is 2. The summed E-state index contributed by atoms with van der Waals surface area (Å²) >= 11 is 0. The molecule has 3 aliphatic heterocycles. The molecule has 192 valence electrons. The summed E-state index contributed by atoms with van der Waals surface area (Å²) in [5.41, 5.74) is 1.79. The minimum Gasteiger partial charge on any atom is -0.368 e. The number of amides is 4. The van der Waals surface area contributed by atoms with E-state index in [0.717, 1.165) is 21.8 Å². The van der Waals surface area contributed by atoms with Crippen molar-refractivity contribution in [1.82, 2.24) is 5.32 Å². The number of piperazine rings is 1. The number of anilines is 3. The number of nitro benzene ring substituents is 1. The summed E-state index contributed by atoms with van der Waals surface area (Å²) in [5.74, 6) is -1.31. The number of rotatable bonds is 3. The number of nitro groups is 1. The molecule has 0 saturated carbocycles. The van der Waals surface area contributed by atoms with Crippen molar-refractivity contribution >= 4 is 40.6 Å². The summed E-state index contributed by atoms with van der Waals surface area (Å²) in [6.07, 6.45) is -0.0614. The average molecular weight is 512 g/mol. The van der Waals surface area contributed by atoms with Gasteiger partial charge in [0.05, 0.1) is 16.7 Å². The van der Waals surface area contributed by atoms with E-state index in [-0.39, 0.29) is 12.1 Å². The van der Waals surface area contributed by atoms with Gasteiger partial charge in [-0.3, -0.25) is 25.0 Å². The molecule has 3 heterocycles. The number of aryl methyl sites for hydroxylation is 1. The molecule has 1 N–H and O–H groups in total. The highest BCUT2D eigenvalue weighted by Gasteiger charge is 2.63. The maximum absolute atomic E-state index is 14.4. The Morgan fingerprint density at radius 3 is 2.39 bits per heavy atom. The van der Waals surface area contributed by atoms with Crippen molar-refractivity contribution in [3.8, 4) is 0 Å². The fourth-order valence-corrected chi connectivity index (χ4v) is 5.92. The lowest BCUT2D eigenvalue weighted by molar-refractivity contribution is -0.384. The Kier molecular flexibility index (Phi) is 5.41. The van der Waals surface area contributed by atoms with Crippen LogP contribution in [-0.4, -0.2) is 48.4 Å². The molecule has 0 unspecified atom stereocenters. The van der Waals surface area contributed by atoms with Gasteiger partial charge >= 0.3 is 6.03 Å². The van der Waals surface area contributed by atoms with Gasteiger partial charge in [0.2, 0.25) is 5.91 Å². The molecule has 38 heavy (non-hydrogen) atoms. The van der Waals surface area contributed by atoms with Gasteiger partial charge in [-0.2, -0.15) is 0 Å². The third kappa shape index (κ3) is 3.52. The van der Waals surface area contributed by atoms with Crippen molar-refractivity contribution in [2.75, 3.05) is 34.3 Å². The van der Waals surface area contributed by atoms with Gasteiger partial charge in [0.25, 0.3) is 11.6 Å². The lowest BCUT2D eigenvalue weighted by Gasteiger charge is -2.55. The average Bonchev–Trinajstić information content (AvgIpc) is 2.92. The summed E-state index contributed by atoms with van der Waals surface area (Å²) in [5, 5.41) is 14.0. The number of hydrogen-bond acceptors (Lipinski definition) is 7. The smallest absolute Gasteiger partial charge is 0.335 e. The number of urea groups is 1. The molecule has 1 spiro atoms. The van der Waals surface area contributed by atoms with E-state index in [0.29, 0.717) is 30.9 Å². The minimum atomic E-state index is -1.67. The van der Waals surface area contributed by atoms with Crippen LogP contribution in [0.25, 0.3) is 0 Å². The summed E-state index contributed by atoms with van der Waals surface area (Å²) in [6.45, 7) is 3.38. The first-order chi connectivity index (χ1) is 18.3. The van der Waals surface area contributed by atoms with Crippen LogP contribution in [-0.2, 0) is 16.0 Å². The van der Waals surface area contributed by atoms with Crippen LogP contribution in [0.1, 0.15) is 11.1 Å². The molecule has 0 aliphatic carbocycles. The van der Waals surface area contributed by atoms with E-state index in [1.54, 1.807) is 30.3 Å². The monoisotopic (exact) mass is 511 g/mol. The quantitative estimate of drug-likeness (QED) is 0.325. The van der Waals surface area contributed by atoms with Crippen molar-refractivity contribution < 1.29 is 19.3 Å². The van der Waals surface area contributed by atoms with E-state index in [1.165, 1.54) is 12.1 Å². The minimum absolute atomic E-state index is 0.0614. The van der Waals surface area contributed by atoms with Crippen molar-refractivity contribution in [3.05, 3.63) is 94.0 Å². The van der Waals surface area contributed by atoms with Crippen molar-refractivity contribution in [2.24, 2.45) is 5.41 Å². The molecule has 0 bridgehead atoms. The highest BCUT2D eigenvalue weighted by Crippen LogP contribution is 2.47. The molecule has 10 heteroatoms. The molecule has 3 aromatic rings. The Balaban J connectivity index is 1.50. The van der Waals surface area contributed by atoms with Gasteiger partial charge in [0.15, 0.2) is 5.41 Å². The molecule has 0 radical (unpaired) electrons.